The Bertz CT molecular complexity index is 407. The molecule has 1 saturated heterocycles. The number of nitrogens with one attached hydrogen (secondary N) is 1. The summed E-state index contributed by atoms with van der Waals surface area (Å²) >= 11 is 1.99. The molecule has 0 saturated carbocycles. The highest BCUT2D eigenvalue weighted by molar-refractivity contribution is 8.00. The second-order valence-corrected chi connectivity index (χ2v) is 6.17. The quantitative estimate of drug-likeness (QED) is 0.889. The van der Waals surface area contributed by atoms with Crippen LogP contribution in [0.25, 0.3) is 0 Å². The summed E-state index contributed by atoms with van der Waals surface area (Å²) in [6.45, 7) is 2.97. The summed E-state index contributed by atoms with van der Waals surface area (Å²) in [7, 11) is 1.65. The summed E-state index contributed by atoms with van der Waals surface area (Å²) < 4.78 is 19.0. The van der Waals surface area contributed by atoms with Crippen LogP contribution in [0.4, 0.5) is 4.39 Å². The van der Waals surface area contributed by atoms with Gasteiger partial charge in [0.15, 0.2) is 0 Å². The Kier molecular flexibility index (Phi) is 5.52. The largest absolute Gasteiger partial charge is 0.496 e. The smallest absolute Gasteiger partial charge is 0.123 e. The molecular formula is C15H22FNOS. The van der Waals surface area contributed by atoms with Gasteiger partial charge >= 0.3 is 0 Å². The van der Waals surface area contributed by atoms with Crippen molar-refractivity contribution < 1.29 is 9.13 Å². The molecule has 2 rings (SSSR count). The van der Waals surface area contributed by atoms with Crippen LogP contribution in [0, 0.1) is 5.82 Å². The van der Waals surface area contributed by atoms with E-state index in [1.165, 1.54) is 31.1 Å². The van der Waals surface area contributed by atoms with Crippen molar-refractivity contribution in [3.63, 3.8) is 0 Å². The molecule has 4 heteroatoms. The van der Waals surface area contributed by atoms with Crippen LogP contribution in [0.2, 0.25) is 0 Å². The molecule has 0 bridgehead atoms. The van der Waals surface area contributed by atoms with Crippen LogP contribution < -0.4 is 10.1 Å². The zero-order valence-corrected chi connectivity index (χ0v) is 12.4. The van der Waals surface area contributed by atoms with Crippen LogP contribution in [0.3, 0.4) is 0 Å². The first kappa shape index (κ1) is 14.7. The fraction of sp³-hybridized carbons (Fsp3) is 0.600. The standard InChI is InChI=1S/C15H22FNOS/c1-3-17-15(14-6-4-5-9-19-14)12-10-11(16)7-8-13(12)18-2/h7-8,10,14-15,17H,3-6,9H2,1-2H3. The molecule has 2 atom stereocenters. The number of thioether (sulfide) groups is 1. The maximum absolute atomic E-state index is 13.6. The Hall–Kier alpha value is -0.740. The molecule has 2 unspecified atom stereocenters. The van der Waals surface area contributed by atoms with Gasteiger partial charge < -0.3 is 10.1 Å². The molecule has 0 radical (unpaired) electrons. The lowest BCUT2D eigenvalue weighted by molar-refractivity contribution is 0.392. The zero-order chi connectivity index (χ0) is 13.7. The predicted octanol–water partition coefficient (Wildman–Crippen LogP) is 3.77. The number of ether oxygens (including phenoxy) is 1. The number of hydrogen-bond acceptors (Lipinski definition) is 3. The van der Waals surface area contributed by atoms with Crippen molar-refractivity contribution in [3.8, 4) is 5.75 Å². The molecule has 0 amide bonds. The minimum absolute atomic E-state index is 0.168. The summed E-state index contributed by atoms with van der Waals surface area (Å²) in [5, 5.41) is 4.01. The molecule has 1 aromatic rings. The average molecular weight is 283 g/mol. The molecule has 2 nitrogen and oxygen atoms in total. The lowest BCUT2D eigenvalue weighted by Gasteiger charge is -2.31. The highest BCUT2D eigenvalue weighted by Gasteiger charge is 2.27. The average Bonchev–Trinajstić information content (AvgIpc) is 2.45. The highest BCUT2D eigenvalue weighted by Crippen LogP contribution is 2.38. The summed E-state index contributed by atoms with van der Waals surface area (Å²) in [5.74, 6) is 1.78. The molecule has 1 aromatic carbocycles. The second kappa shape index (κ2) is 7.15. The summed E-state index contributed by atoms with van der Waals surface area (Å²) in [6, 6.07) is 4.96. The molecule has 0 spiro atoms. The van der Waals surface area contributed by atoms with E-state index >= 15 is 0 Å². The number of methoxy groups -OCH3 is 1. The molecule has 1 aliphatic rings. The Morgan fingerprint density at radius 2 is 2.32 bits per heavy atom. The van der Waals surface area contributed by atoms with E-state index in [1.807, 2.05) is 11.8 Å². The first-order valence-electron chi connectivity index (χ1n) is 6.94. The highest BCUT2D eigenvalue weighted by atomic mass is 32.2. The maximum atomic E-state index is 13.6. The van der Waals surface area contributed by atoms with Crippen LogP contribution in [0.1, 0.15) is 37.8 Å². The van der Waals surface area contributed by atoms with Gasteiger partial charge in [0.05, 0.1) is 7.11 Å². The third-order valence-corrected chi connectivity index (χ3v) is 5.00. The third-order valence-electron chi connectivity index (χ3n) is 3.54. The topological polar surface area (TPSA) is 21.3 Å². The fourth-order valence-corrected chi connectivity index (χ4v) is 4.08. The first-order valence-corrected chi connectivity index (χ1v) is 7.99. The van der Waals surface area contributed by atoms with Gasteiger partial charge in [0, 0.05) is 16.9 Å². The van der Waals surface area contributed by atoms with Crippen molar-refractivity contribution in [1.82, 2.24) is 5.32 Å². The van der Waals surface area contributed by atoms with E-state index in [1.54, 1.807) is 19.2 Å². The molecule has 0 aromatic heterocycles. The summed E-state index contributed by atoms with van der Waals surface area (Å²) in [6.07, 6.45) is 3.74. The van der Waals surface area contributed by atoms with Gasteiger partial charge in [0.25, 0.3) is 0 Å². The zero-order valence-electron chi connectivity index (χ0n) is 11.6. The van der Waals surface area contributed by atoms with E-state index in [9.17, 15) is 4.39 Å². The van der Waals surface area contributed by atoms with E-state index < -0.39 is 0 Å². The van der Waals surface area contributed by atoms with Crippen molar-refractivity contribution >= 4 is 11.8 Å². The number of hydrogen-bond donors (Lipinski definition) is 1. The van der Waals surface area contributed by atoms with Gasteiger partial charge in [-0.25, -0.2) is 4.39 Å². The Morgan fingerprint density at radius 3 is 2.95 bits per heavy atom. The van der Waals surface area contributed by atoms with E-state index in [4.69, 9.17) is 4.74 Å². The van der Waals surface area contributed by atoms with Crippen LogP contribution in [0.5, 0.6) is 5.75 Å². The predicted molar refractivity (Wildman–Crippen MR) is 79.5 cm³/mol. The molecule has 1 heterocycles. The Labute approximate surface area is 119 Å². The van der Waals surface area contributed by atoms with Crippen LogP contribution in [-0.2, 0) is 0 Å². The lowest BCUT2D eigenvalue weighted by Crippen LogP contribution is -2.32. The number of halogens is 1. The van der Waals surface area contributed by atoms with Crippen molar-refractivity contribution in [2.45, 2.75) is 37.5 Å². The first-order chi connectivity index (χ1) is 9.26. The Morgan fingerprint density at radius 1 is 1.47 bits per heavy atom. The van der Waals surface area contributed by atoms with Crippen molar-refractivity contribution in [2.75, 3.05) is 19.4 Å². The van der Waals surface area contributed by atoms with Gasteiger partial charge in [-0.1, -0.05) is 13.3 Å². The van der Waals surface area contributed by atoms with E-state index in [0.717, 1.165) is 17.9 Å². The van der Waals surface area contributed by atoms with Crippen molar-refractivity contribution in [1.29, 1.82) is 0 Å². The number of rotatable bonds is 5. The van der Waals surface area contributed by atoms with Crippen LogP contribution in [0.15, 0.2) is 18.2 Å². The second-order valence-electron chi connectivity index (χ2n) is 4.83. The number of benzene rings is 1. The van der Waals surface area contributed by atoms with Gasteiger partial charge in [-0.05, 0) is 43.3 Å². The van der Waals surface area contributed by atoms with E-state index in [0.29, 0.717) is 5.25 Å². The maximum Gasteiger partial charge on any atom is 0.123 e. The molecular weight excluding hydrogens is 261 g/mol. The SMILES string of the molecule is CCNC(c1cc(F)ccc1OC)C1CCCCS1. The van der Waals surface area contributed by atoms with Crippen LogP contribution >= 0.6 is 11.8 Å². The molecule has 1 aliphatic heterocycles. The Balaban J connectivity index is 2.28. The molecule has 19 heavy (non-hydrogen) atoms. The third kappa shape index (κ3) is 3.63. The minimum atomic E-state index is -0.195. The van der Waals surface area contributed by atoms with E-state index in [2.05, 4.69) is 12.2 Å². The van der Waals surface area contributed by atoms with Gasteiger partial charge in [0.2, 0.25) is 0 Å². The minimum Gasteiger partial charge on any atom is -0.496 e. The van der Waals surface area contributed by atoms with Gasteiger partial charge in [-0.3, -0.25) is 0 Å². The van der Waals surface area contributed by atoms with Crippen molar-refractivity contribution in [2.24, 2.45) is 0 Å². The molecule has 1 fully saturated rings. The van der Waals surface area contributed by atoms with Gasteiger partial charge in [-0.15, -0.1) is 0 Å². The summed E-state index contributed by atoms with van der Waals surface area (Å²) in [4.78, 5) is 0. The fourth-order valence-electron chi connectivity index (χ4n) is 2.64. The normalized spacial score (nSPS) is 21.1. The van der Waals surface area contributed by atoms with Gasteiger partial charge in [0.1, 0.15) is 11.6 Å². The van der Waals surface area contributed by atoms with Gasteiger partial charge in [-0.2, -0.15) is 11.8 Å². The summed E-state index contributed by atoms with van der Waals surface area (Å²) in [5.41, 5.74) is 0.948. The molecule has 1 N–H and O–H groups in total. The van der Waals surface area contributed by atoms with E-state index in [-0.39, 0.29) is 11.9 Å². The molecule has 0 aliphatic carbocycles. The lowest BCUT2D eigenvalue weighted by atomic mass is 9.98. The van der Waals surface area contributed by atoms with Crippen molar-refractivity contribution in [3.05, 3.63) is 29.6 Å². The molecule has 106 valence electrons. The monoisotopic (exact) mass is 283 g/mol. The van der Waals surface area contributed by atoms with Crippen LogP contribution in [-0.4, -0.2) is 24.7 Å².